The quantitative estimate of drug-likeness (QED) is 0.572. The van der Waals surface area contributed by atoms with Gasteiger partial charge in [0.25, 0.3) is 5.56 Å². The van der Waals surface area contributed by atoms with Crippen molar-refractivity contribution in [2.45, 2.75) is 0 Å². The average molecular weight is 333 g/mol. The number of methoxy groups -OCH3 is 1. The van der Waals surface area contributed by atoms with Gasteiger partial charge in [-0.25, -0.2) is 9.78 Å². The van der Waals surface area contributed by atoms with E-state index in [1.807, 2.05) is 36.0 Å². The molecule has 0 unspecified atom stereocenters. The first-order chi connectivity index (χ1) is 12.1. The van der Waals surface area contributed by atoms with Crippen LogP contribution in [0.2, 0.25) is 0 Å². The Morgan fingerprint density at radius 1 is 1.20 bits per heavy atom. The van der Waals surface area contributed by atoms with Gasteiger partial charge in [-0.15, -0.1) is 0 Å². The maximum atomic E-state index is 12.6. The molecule has 0 amide bonds. The van der Waals surface area contributed by atoms with E-state index in [2.05, 4.69) is 9.97 Å². The number of hydrogen-bond acceptors (Lipinski definition) is 4. The van der Waals surface area contributed by atoms with Crippen LogP contribution in [0.5, 0.6) is 0 Å². The number of aromatic nitrogens is 3. The van der Waals surface area contributed by atoms with Crippen molar-refractivity contribution in [3.63, 3.8) is 0 Å². The molecule has 0 spiro atoms. The summed E-state index contributed by atoms with van der Waals surface area (Å²) in [7, 11) is 3.23. The highest BCUT2D eigenvalue weighted by Crippen LogP contribution is 2.28. The van der Waals surface area contributed by atoms with Crippen LogP contribution in [0.3, 0.4) is 0 Å². The summed E-state index contributed by atoms with van der Waals surface area (Å²) in [6.07, 6.45) is 3.63. The summed E-state index contributed by atoms with van der Waals surface area (Å²) in [4.78, 5) is 31.5. The molecule has 0 aliphatic rings. The zero-order valence-electron chi connectivity index (χ0n) is 13.7. The van der Waals surface area contributed by atoms with E-state index in [9.17, 15) is 9.59 Å². The largest absolute Gasteiger partial charge is 0.465 e. The minimum Gasteiger partial charge on any atom is -0.465 e. The zero-order valence-corrected chi connectivity index (χ0v) is 13.7. The monoisotopic (exact) mass is 333 g/mol. The van der Waals surface area contributed by atoms with Gasteiger partial charge < -0.3 is 14.3 Å². The van der Waals surface area contributed by atoms with Crippen LogP contribution in [0.25, 0.3) is 33.1 Å². The van der Waals surface area contributed by atoms with Crippen molar-refractivity contribution in [3.8, 4) is 11.1 Å². The minimum atomic E-state index is -0.438. The van der Waals surface area contributed by atoms with Gasteiger partial charge in [0, 0.05) is 41.5 Å². The summed E-state index contributed by atoms with van der Waals surface area (Å²) >= 11 is 0. The molecule has 6 heteroatoms. The van der Waals surface area contributed by atoms with Crippen LogP contribution in [0.1, 0.15) is 10.4 Å². The fourth-order valence-corrected chi connectivity index (χ4v) is 3.07. The molecule has 1 aromatic carbocycles. The molecule has 1 N–H and O–H groups in total. The normalized spacial score (nSPS) is 11.1. The SMILES string of the molecule is COC(=O)c1ccc2cc(-c3cn(C)c4ncccc34)c(=O)[nH]c2c1. The molecule has 0 saturated carbocycles. The fourth-order valence-electron chi connectivity index (χ4n) is 3.07. The van der Waals surface area contributed by atoms with E-state index in [4.69, 9.17) is 4.74 Å². The molecule has 4 rings (SSSR count). The first kappa shape index (κ1) is 15.1. The number of aryl methyl sites for hydroxylation is 1. The first-order valence-corrected chi connectivity index (χ1v) is 7.74. The summed E-state index contributed by atoms with van der Waals surface area (Å²) in [5, 5.41) is 1.75. The molecular weight excluding hydrogens is 318 g/mol. The van der Waals surface area contributed by atoms with Crippen molar-refractivity contribution < 1.29 is 9.53 Å². The van der Waals surface area contributed by atoms with Crippen LogP contribution in [0.15, 0.2) is 53.6 Å². The van der Waals surface area contributed by atoms with Gasteiger partial charge in [0.1, 0.15) is 5.65 Å². The molecule has 4 aromatic rings. The van der Waals surface area contributed by atoms with E-state index < -0.39 is 5.97 Å². The molecule has 0 radical (unpaired) electrons. The van der Waals surface area contributed by atoms with Crippen LogP contribution >= 0.6 is 0 Å². The average Bonchev–Trinajstić information content (AvgIpc) is 2.97. The molecule has 124 valence electrons. The Labute approximate surface area is 142 Å². The second-order valence-corrected chi connectivity index (χ2v) is 5.83. The summed E-state index contributed by atoms with van der Waals surface area (Å²) < 4.78 is 6.62. The highest BCUT2D eigenvalue weighted by Gasteiger charge is 2.14. The first-order valence-electron chi connectivity index (χ1n) is 7.74. The third-order valence-electron chi connectivity index (χ3n) is 4.29. The molecular formula is C19H15N3O3. The van der Waals surface area contributed by atoms with Crippen molar-refractivity contribution in [2.24, 2.45) is 7.05 Å². The molecule has 0 bridgehead atoms. The number of H-pyrrole nitrogens is 1. The van der Waals surface area contributed by atoms with Crippen molar-refractivity contribution >= 4 is 27.9 Å². The van der Waals surface area contributed by atoms with E-state index in [0.29, 0.717) is 16.6 Å². The van der Waals surface area contributed by atoms with Crippen LogP contribution in [0, 0.1) is 0 Å². The number of ether oxygens (including phenoxy) is 1. The Bertz CT molecular complexity index is 1190. The maximum absolute atomic E-state index is 12.6. The number of pyridine rings is 2. The lowest BCUT2D eigenvalue weighted by atomic mass is 10.0. The second-order valence-electron chi connectivity index (χ2n) is 5.83. The summed E-state index contributed by atoms with van der Waals surface area (Å²) in [6.45, 7) is 0. The van der Waals surface area contributed by atoms with E-state index >= 15 is 0 Å². The number of nitrogens with zero attached hydrogens (tertiary/aromatic N) is 2. The predicted molar refractivity (Wildman–Crippen MR) is 95.6 cm³/mol. The fraction of sp³-hybridized carbons (Fsp3) is 0.105. The minimum absolute atomic E-state index is 0.217. The second kappa shape index (κ2) is 5.59. The van der Waals surface area contributed by atoms with Gasteiger partial charge >= 0.3 is 5.97 Å². The smallest absolute Gasteiger partial charge is 0.337 e. The summed E-state index contributed by atoms with van der Waals surface area (Å²) in [5.41, 5.74) is 2.98. The lowest BCUT2D eigenvalue weighted by molar-refractivity contribution is 0.0601. The molecule has 25 heavy (non-hydrogen) atoms. The van der Waals surface area contributed by atoms with Crippen molar-refractivity contribution in [1.82, 2.24) is 14.5 Å². The zero-order chi connectivity index (χ0) is 17.6. The highest BCUT2D eigenvalue weighted by atomic mass is 16.5. The van der Waals surface area contributed by atoms with Gasteiger partial charge in [0.05, 0.1) is 12.7 Å². The number of carbonyl (C=O) groups excluding carboxylic acids is 1. The van der Waals surface area contributed by atoms with Crippen molar-refractivity contribution in [1.29, 1.82) is 0 Å². The molecule has 6 nitrogen and oxygen atoms in total. The van der Waals surface area contributed by atoms with Gasteiger partial charge in [0.2, 0.25) is 0 Å². The molecule has 3 aromatic heterocycles. The Hall–Kier alpha value is -3.41. The van der Waals surface area contributed by atoms with Gasteiger partial charge in [0.15, 0.2) is 0 Å². The lowest BCUT2D eigenvalue weighted by Gasteiger charge is -2.05. The molecule has 3 heterocycles. The molecule has 0 aliphatic heterocycles. The number of nitrogens with one attached hydrogen (secondary N) is 1. The van der Waals surface area contributed by atoms with E-state index in [-0.39, 0.29) is 5.56 Å². The topological polar surface area (TPSA) is 77.0 Å². The number of aromatic amines is 1. The lowest BCUT2D eigenvalue weighted by Crippen LogP contribution is -2.09. The van der Waals surface area contributed by atoms with Crippen LogP contribution in [0.4, 0.5) is 0 Å². The van der Waals surface area contributed by atoms with Crippen molar-refractivity contribution in [3.05, 3.63) is 64.7 Å². The van der Waals surface area contributed by atoms with Crippen molar-refractivity contribution in [2.75, 3.05) is 7.11 Å². The standard InChI is InChI=1S/C19H15N3O3/c1-22-10-15(13-4-3-7-20-17(13)22)14-8-11-5-6-12(19(24)25-2)9-16(11)21-18(14)23/h3-10H,1-2H3,(H,21,23). The van der Waals surface area contributed by atoms with Gasteiger partial charge in [-0.2, -0.15) is 0 Å². The number of rotatable bonds is 2. The number of benzene rings is 1. The number of esters is 1. The molecule has 0 aliphatic carbocycles. The maximum Gasteiger partial charge on any atom is 0.337 e. The third-order valence-corrected chi connectivity index (χ3v) is 4.29. The molecule has 0 saturated heterocycles. The number of carbonyl (C=O) groups is 1. The number of hydrogen-bond donors (Lipinski definition) is 1. The van der Waals surface area contributed by atoms with Crippen LogP contribution < -0.4 is 5.56 Å². The van der Waals surface area contributed by atoms with Crippen LogP contribution in [-0.2, 0) is 11.8 Å². The number of fused-ring (bicyclic) bond motifs is 2. The van der Waals surface area contributed by atoms with Gasteiger partial charge in [-0.05, 0) is 35.7 Å². The Balaban J connectivity index is 1.95. The third kappa shape index (κ3) is 2.39. The summed E-state index contributed by atoms with van der Waals surface area (Å²) in [6, 6.07) is 10.7. The summed E-state index contributed by atoms with van der Waals surface area (Å²) in [5.74, 6) is -0.438. The Morgan fingerprint density at radius 3 is 2.84 bits per heavy atom. The van der Waals surface area contributed by atoms with Crippen LogP contribution in [-0.4, -0.2) is 27.6 Å². The Morgan fingerprint density at radius 2 is 2.04 bits per heavy atom. The predicted octanol–water partition coefficient (Wildman–Crippen LogP) is 2.87. The van der Waals surface area contributed by atoms with E-state index in [1.165, 1.54) is 7.11 Å². The van der Waals surface area contributed by atoms with Gasteiger partial charge in [-0.3, -0.25) is 4.79 Å². The molecule has 0 atom stereocenters. The van der Waals surface area contributed by atoms with Gasteiger partial charge in [-0.1, -0.05) is 6.07 Å². The Kier molecular flexibility index (Phi) is 3.39. The molecule has 0 fully saturated rings. The highest BCUT2D eigenvalue weighted by molar-refractivity contribution is 5.98. The van der Waals surface area contributed by atoms with E-state index in [1.54, 1.807) is 24.4 Å². The van der Waals surface area contributed by atoms with E-state index in [0.717, 1.165) is 22.0 Å².